The zero-order valence-electron chi connectivity index (χ0n) is 10.6. The van der Waals surface area contributed by atoms with Crippen LogP contribution < -0.4 is 5.32 Å². The Morgan fingerprint density at radius 1 is 1.40 bits per heavy atom. The van der Waals surface area contributed by atoms with Crippen LogP contribution in [0.2, 0.25) is 0 Å². The van der Waals surface area contributed by atoms with Crippen LogP contribution in [0.5, 0.6) is 0 Å². The number of rotatable bonds is 5. The van der Waals surface area contributed by atoms with Crippen LogP contribution >= 0.6 is 23.1 Å². The first-order chi connectivity index (χ1) is 9.87. The Balaban J connectivity index is 1.42. The van der Waals surface area contributed by atoms with Crippen LogP contribution in [-0.2, 0) is 5.75 Å². The maximum atomic E-state index is 4.46. The summed E-state index contributed by atoms with van der Waals surface area (Å²) >= 11 is 3.27. The van der Waals surface area contributed by atoms with Gasteiger partial charge >= 0.3 is 0 Å². The number of hydrogen-bond donors (Lipinski definition) is 1. The monoisotopic (exact) mass is 304 g/mol. The van der Waals surface area contributed by atoms with Crippen molar-refractivity contribution in [2.24, 2.45) is 0 Å². The molecule has 1 N–H and O–H groups in total. The molecule has 1 fully saturated rings. The van der Waals surface area contributed by atoms with E-state index in [1.54, 1.807) is 29.3 Å². The second-order valence-corrected chi connectivity index (χ2v) is 6.84. The minimum absolute atomic E-state index is 0.616. The number of nitrogens with one attached hydrogen (secondary N) is 1. The summed E-state index contributed by atoms with van der Waals surface area (Å²) in [4.78, 5) is 8.67. The summed E-state index contributed by atoms with van der Waals surface area (Å²) < 4.78 is 2.90. The van der Waals surface area contributed by atoms with Gasteiger partial charge < -0.3 is 5.32 Å². The Bertz CT molecular complexity index is 699. The number of fused-ring (bicyclic) bond motifs is 1. The zero-order chi connectivity index (χ0) is 13.4. The Morgan fingerprint density at radius 3 is 3.20 bits per heavy atom. The molecule has 0 unspecified atom stereocenters. The van der Waals surface area contributed by atoms with E-state index >= 15 is 0 Å². The van der Waals surface area contributed by atoms with Crippen LogP contribution in [0.25, 0.3) is 5.78 Å². The Morgan fingerprint density at radius 2 is 2.35 bits per heavy atom. The molecule has 0 aromatic carbocycles. The summed E-state index contributed by atoms with van der Waals surface area (Å²) in [5, 5.41) is 12.6. The van der Waals surface area contributed by atoms with Gasteiger partial charge in [-0.2, -0.15) is 0 Å². The van der Waals surface area contributed by atoms with Gasteiger partial charge in [-0.3, -0.25) is 4.40 Å². The standard InChI is InChI=1S/C12H12N6S2/c1-4-13-10-14-9(6-18(10)5-1)7-19-12-17-16-11(20-12)15-8-2-3-8/h1,4-6,8H,2-3,7H2,(H,15,16). The average Bonchev–Trinajstić information content (AvgIpc) is 3.01. The molecule has 0 amide bonds. The maximum absolute atomic E-state index is 4.46. The fraction of sp³-hybridized carbons (Fsp3) is 0.333. The lowest BCUT2D eigenvalue weighted by molar-refractivity contribution is 0.994. The van der Waals surface area contributed by atoms with Crippen molar-refractivity contribution >= 4 is 34.0 Å². The molecular weight excluding hydrogens is 292 g/mol. The molecule has 0 bridgehead atoms. The first-order valence-electron chi connectivity index (χ1n) is 6.38. The van der Waals surface area contributed by atoms with Crippen LogP contribution in [0, 0.1) is 0 Å². The van der Waals surface area contributed by atoms with Gasteiger partial charge in [-0.1, -0.05) is 23.1 Å². The molecule has 0 aliphatic heterocycles. The Kier molecular flexibility index (Phi) is 3.04. The highest BCUT2D eigenvalue weighted by Crippen LogP contribution is 2.31. The highest BCUT2D eigenvalue weighted by Gasteiger charge is 2.22. The van der Waals surface area contributed by atoms with Crippen molar-refractivity contribution in [1.82, 2.24) is 24.6 Å². The van der Waals surface area contributed by atoms with E-state index in [2.05, 4.69) is 25.5 Å². The number of thioether (sulfide) groups is 1. The second kappa shape index (κ2) is 5.02. The molecule has 0 atom stereocenters. The molecule has 3 aromatic rings. The van der Waals surface area contributed by atoms with Gasteiger partial charge in [0.15, 0.2) is 4.34 Å². The summed E-state index contributed by atoms with van der Waals surface area (Å²) in [6.45, 7) is 0. The number of aromatic nitrogens is 5. The summed E-state index contributed by atoms with van der Waals surface area (Å²) in [7, 11) is 0. The lowest BCUT2D eigenvalue weighted by Crippen LogP contribution is -1.99. The van der Waals surface area contributed by atoms with E-state index in [0.29, 0.717) is 6.04 Å². The molecule has 1 aliphatic rings. The van der Waals surface area contributed by atoms with E-state index in [1.165, 1.54) is 12.8 Å². The van der Waals surface area contributed by atoms with E-state index in [0.717, 1.165) is 26.7 Å². The molecular formula is C12H12N6S2. The normalized spacial score (nSPS) is 14.8. The molecule has 6 nitrogen and oxygen atoms in total. The van der Waals surface area contributed by atoms with E-state index in [-0.39, 0.29) is 0 Å². The number of hydrogen-bond acceptors (Lipinski definition) is 7. The average molecular weight is 304 g/mol. The number of nitrogens with zero attached hydrogens (tertiary/aromatic N) is 5. The molecule has 102 valence electrons. The van der Waals surface area contributed by atoms with Crippen LogP contribution in [-0.4, -0.2) is 30.6 Å². The van der Waals surface area contributed by atoms with E-state index in [1.807, 2.05) is 22.9 Å². The molecule has 0 radical (unpaired) electrons. The van der Waals surface area contributed by atoms with Crippen LogP contribution in [0.1, 0.15) is 18.5 Å². The van der Waals surface area contributed by atoms with Gasteiger partial charge in [0.1, 0.15) is 0 Å². The third-order valence-electron chi connectivity index (χ3n) is 2.94. The molecule has 0 saturated heterocycles. The molecule has 3 aromatic heterocycles. The lowest BCUT2D eigenvalue weighted by atomic mass is 10.6. The maximum Gasteiger partial charge on any atom is 0.233 e. The molecule has 20 heavy (non-hydrogen) atoms. The first-order valence-corrected chi connectivity index (χ1v) is 8.18. The van der Waals surface area contributed by atoms with Crippen molar-refractivity contribution in [2.75, 3.05) is 5.32 Å². The topological polar surface area (TPSA) is 68.0 Å². The van der Waals surface area contributed by atoms with Gasteiger partial charge in [0.05, 0.1) is 5.69 Å². The van der Waals surface area contributed by atoms with Crippen molar-refractivity contribution in [3.63, 3.8) is 0 Å². The van der Waals surface area contributed by atoms with E-state index in [9.17, 15) is 0 Å². The molecule has 8 heteroatoms. The smallest absolute Gasteiger partial charge is 0.233 e. The van der Waals surface area contributed by atoms with E-state index < -0.39 is 0 Å². The Labute approximate surface area is 123 Å². The highest BCUT2D eigenvalue weighted by molar-refractivity contribution is 8.00. The summed E-state index contributed by atoms with van der Waals surface area (Å²) in [5.41, 5.74) is 1.00. The quantitative estimate of drug-likeness (QED) is 0.730. The van der Waals surface area contributed by atoms with Crippen molar-refractivity contribution in [3.8, 4) is 0 Å². The molecule has 1 saturated carbocycles. The van der Waals surface area contributed by atoms with Crippen LogP contribution in [0.4, 0.5) is 5.13 Å². The van der Waals surface area contributed by atoms with Gasteiger partial charge in [0.2, 0.25) is 10.9 Å². The fourth-order valence-corrected chi connectivity index (χ4v) is 3.53. The number of anilines is 1. The summed E-state index contributed by atoms with van der Waals surface area (Å²) in [5.74, 6) is 1.51. The SMILES string of the molecule is c1cnc2nc(CSc3nnc(NC4CC4)s3)cn2c1. The predicted molar refractivity (Wildman–Crippen MR) is 79.1 cm³/mol. The molecule has 4 rings (SSSR count). The molecule has 3 heterocycles. The van der Waals surface area contributed by atoms with Crippen LogP contribution in [0.3, 0.4) is 0 Å². The first kappa shape index (κ1) is 12.1. The third kappa shape index (κ3) is 2.61. The van der Waals surface area contributed by atoms with Gasteiger partial charge in [0, 0.05) is 30.4 Å². The van der Waals surface area contributed by atoms with Crippen LogP contribution in [0.15, 0.2) is 29.0 Å². The van der Waals surface area contributed by atoms with Crippen molar-refractivity contribution in [1.29, 1.82) is 0 Å². The fourth-order valence-electron chi connectivity index (χ4n) is 1.81. The second-order valence-electron chi connectivity index (χ2n) is 4.64. The van der Waals surface area contributed by atoms with Gasteiger partial charge in [0.25, 0.3) is 0 Å². The third-order valence-corrected chi connectivity index (χ3v) is 4.96. The van der Waals surface area contributed by atoms with Crippen molar-refractivity contribution in [3.05, 3.63) is 30.4 Å². The highest BCUT2D eigenvalue weighted by atomic mass is 32.2. The summed E-state index contributed by atoms with van der Waals surface area (Å²) in [6, 6.07) is 2.51. The number of imidazole rings is 1. The van der Waals surface area contributed by atoms with Crippen molar-refractivity contribution in [2.45, 2.75) is 29.0 Å². The lowest BCUT2D eigenvalue weighted by Gasteiger charge is -1.94. The van der Waals surface area contributed by atoms with E-state index in [4.69, 9.17) is 0 Å². The predicted octanol–water partition coefficient (Wildman–Crippen LogP) is 2.45. The Hall–Kier alpha value is -1.67. The zero-order valence-corrected chi connectivity index (χ0v) is 12.2. The molecule has 0 spiro atoms. The van der Waals surface area contributed by atoms with Crippen molar-refractivity contribution < 1.29 is 0 Å². The minimum Gasteiger partial charge on any atom is -0.357 e. The largest absolute Gasteiger partial charge is 0.357 e. The molecule has 1 aliphatic carbocycles. The van der Waals surface area contributed by atoms with Gasteiger partial charge in [-0.25, -0.2) is 9.97 Å². The van der Waals surface area contributed by atoms with Gasteiger partial charge in [-0.05, 0) is 18.9 Å². The minimum atomic E-state index is 0.616. The van der Waals surface area contributed by atoms with Gasteiger partial charge in [-0.15, -0.1) is 10.2 Å². The summed E-state index contributed by atoms with van der Waals surface area (Å²) in [6.07, 6.45) is 8.19.